The number of rotatable bonds is 5. The molecule has 0 bridgehead atoms. The summed E-state index contributed by atoms with van der Waals surface area (Å²) in [6, 6.07) is 0.771. The lowest BCUT2D eigenvalue weighted by Gasteiger charge is -2.36. The van der Waals surface area contributed by atoms with Crippen LogP contribution in [0.3, 0.4) is 0 Å². The average Bonchev–Trinajstić information content (AvgIpc) is 2.26. The maximum Gasteiger partial charge on any atom is 0.0121 e. The van der Waals surface area contributed by atoms with Crippen LogP contribution in [0, 0.1) is 17.8 Å². The monoisotopic (exact) mass is 211 g/mol. The first-order chi connectivity index (χ1) is 7.19. The maximum absolute atomic E-state index is 3.72. The zero-order chi connectivity index (χ0) is 11.3. The van der Waals surface area contributed by atoms with E-state index in [1.165, 1.54) is 32.1 Å². The number of hydrogen-bond acceptors (Lipinski definition) is 1. The molecule has 0 aromatic heterocycles. The van der Waals surface area contributed by atoms with Gasteiger partial charge in [0.1, 0.15) is 0 Å². The van der Waals surface area contributed by atoms with Crippen LogP contribution in [0.25, 0.3) is 0 Å². The molecule has 0 saturated heterocycles. The van der Waals surface area contributed by atoms with Gasteiger partial charge in [-0.3, -0.25) is 0 Å². The minimum absolute atomic E-state index is 0.771. The summed E-state index contributed by atoms with van der Waals surface area (Å²) < 4.78 is 0. The molecule has 0 aliphatic heterocycles. The second-order valence-electron chi connectivity index (χ2n) is 5.49. The van der Waals surface area contributed by atoms with E-state index in [0.29, 0.717) is 0 Å². The Hall–Kier alpha value is -0.0400. The molecular weight excluding hydrogens is 182 g/mol. The quantitative estimate of drug-likeness (QED) is 0.728. The number of nitrogens with one attached hydrogen (secondary N) is 1. The maximum atomic E-state index is 3.72. The minimum atomic E-state index is 0.771. The summed E-state index contributed by atoms with van der Waals surface area (Å²) in [4.78, 5) is 0. The molecule has 0 radical (unpaired) electrons. The Labute approximate surface area is 96.0 Å². The van der Waals surface area contributed by atoms with Gasteiger partial charge in [0, 0.05) is 6.04 Å². The summed E-state index contributed by atoms with van der Waals surface area (Å²) in [5.41, 5.74) is 0. The van der Waals surface area contributed by atoms with Crippen LogP contribution >= 0.6 is 0 Å². The molecule has 1 fully saturated rings. The van der Waals surface area contributed by atoms with Crippen molar-refractivity contribution in [2.75, 3.05) is 6.54 Å². The summed E-state index contributed by atoms with van der Waals surface area (Å²) in [5, 5.41) is 3.72. The molecule has 2 unspecified atom stereocenters. The normalized spacial score (nSPS) is 31.2. The lowest BCUT2D eigenvalue weighted by molar-refractivity contribution is 0.189. The fourth-order valence-corrected chi connectivity index (χ4v) is 2.97. The Bertz CT molecular complexity index is 159. The van der Waals surface area contributed by atoms with Crippen LogP contribution in [0.15, 0.2) is 0 Å². The minimum Gasteiger partial charge on any atom is -0.314 e. The van der Waals surface area contributed by atoms with E-state index < -0.39 is 0 Å². The van der Waals surface area contributed by atoms with Crippen LogP contribution in [0.5, 0.6) is 0 Å². The van der Waals surface area contributed by atoms with Gasteiger partial charge in [-0.1, -0.05) is 47.0 Å². The van der Waals surface area contributed by atoms with Crippen molar-refractivity contribution in [3.63, 3.8) is 0 Å². The van der Waals surface area contributed by atoms with Gasteiger partial charge in [0.2, 0.25) is 0 Å². The Morgan fingerprint density at radius 1 is 1.13 bits per heavy atom. The van der Waals surface area contributed by atoms with Crippen molar-refractivity contribution in [2.45, 2.75) is 65.8 Å². The van der Waals surface area contributed by atoms with Gasteiger partial charge in [0.05, 0.1) is 0 Å². The first kappa shape index (κ1) is 13.0. The average molecular weight is 211 g/mol. The van der Waals surface area contributed by atoms with Crippen molar-refractivity contribution in [1.29, 1.82) is 0 Å². The summed E-state index contributed by atoms with van der Waals surface area (Å²) in [5.74, 6) is 2.75. The fraction of sp³-hybridized carbons (Fsp3) is 1.00. The standard InChI is InChI=1S/C14H29N/c1-5-12(4)14(15-6-2)13-9-7-11(3)8-10-13/h11-15H,5-10H2,1-4H3. The lowest BCUT2D eigenvalue weighted by atomic mass is 9.75. The molecule has 1 N–H and O–H groups in total. The Morgan fingerprint density at radius 2 is 1.73 bits per heavy atom. The summed E-state index contributed by atoms with van der Waals surface area (Å²) in [7, 11) is 0. The highest BCUT2D eigenvalue weighted by Crippen LogP contribution is 2.33. The summed E-state index contributed by atoms with van der Waals surface area (Å²) >= 11 is 0. The van der Waals surface area contributed by atoms with E-state index in [4.69, 9.17) is 0 Å². The van der Waals surface area contributed by atoms with Crippen LogP contribution in [0.4, 0.5) is 0 Å². The molecule has 15 heavy (non-hydrogen) atoms. The van der Waals surface area contributed by atoms with E-state index in [2.05, 4.69) is 33.0 Å². The van der Waals surface area contributed by atoms with Crippen LogP contribution in [0.2, 0.25) is 0 Å². The predicted octanol–water partition coefficient (Wildman–Crippen LogP) is 3.84. The Kier molecular flexibility index (Phi) is 5.66. The Morgan fingerprint density at radius 3 is 2.20 bits per heavy atom. The molecule has 0 spiro atoms. The third-order valence-corrected chi connectivity index (χ3v) is 4.27. The van der Waals surface area contributed by atoms with Gasteiger partial charge >= 0.3 is 0 Å². The molecule has 0 aromatic rings. The van der Waals surface area contributed by atoms with Crippen LogP contribution in [-0.2, 0) is 0 Å². The van der Waals surface area contributed by atoms with Crippen LogP contribution in [-0.4, -0.2) is 12.6 Å². The third kappa shape index (κ3) is 3.79. The van der Waals surface area contributed by atoms with E-state index in [1.54, 1.807) is 0 Å². The molecule has 1 saturated carbocycles. The van der Waals surface area contributed by atoms with Crippen LogP contribution in [0.1, 0.15) is 59.8 Å². The van der Waals surface area contributed by atoms with Crippen molar-refractivity contribution >= 4 is 0 Å². The van der Waals surface area contributed by atoms with Gasteiger partial charge in [-0.2, -0.15) is 0 Å². The molecule has 1 rings (SSSR count). The molecule has 90 valence electrons. The molecule has 0 heterocycles. The topological polar surface area (TPSA) is 12.0 Å². The molecule has 1 heteroatoms. The molecule has 1 aliphatic rings. The van der Waals surface area contributed by atoms with E-state index >= 15 is 0 Å². The first-order valence-corrected chi connectivity index (χ1v) is 6.92. The highest BCUT2D eigenvalue weighted by atomic mass is 14.9. The highest BCUT2D eigenvalue weighted by molar-refractivity contribution is 4.83. The van der Waals surface area contributed by atoms with Crippen LogP contribution < -0.4 is 5.32 Å². The van der Waals surface area contributed by atoms with E-state index in [-0.39, 0.29) is 0 Å². The summed E-state index contributed by atoms with van der Waals surface area (Å²) in [6.07, 6.45) is 7.10. The van der Waals surface area contributed by atoms with Crippen molar-refractivity contribution in [3.05, 3.63) is 0 Å². The Balaban J connectivity index is 2.47. The molecular formula is C14H29N. The second-order valence-corrected chi connectivity index (χ2v) is 5.49. The SMILES string of the molecule is CCNC(C(C)CC)C1CCC(C)CC1. The van der Waals surface area contributed by atoms with Crippen molar-refractivity contribution < 1.29 is 0 Å². The highest BCUT2D eigenvalue weighted by Gasteiger charge is 2.28. The zero-order valence-electron chi connectivity index (χ0n) is 11.1. The van der Waals surface area contributed by atoms with Gasteiger partial charge in [-0.05, 0) is 37.1 Å². The zero-order valence-corrected chi connectivity index (χ0v) is 11.1. The van der Waals surface area contributed by atoms with E-state index in [9.17, 15) is 0 Å². The first-order valence-electron chi connectivity index (χ1n) is 6.92. The van der Waals surface area contributed by atoms with Gasteiger partial charge in [-0.25, -0.2) is 0 Å². The van der Waals surface area contributed by atoms with Gasteiger partial charge in [-0.15, -0.1) is 0 Å². The molecule has 2 atom stereocenters. The van der Waals surface area contributed by atoms with Crippen molar-refractivity contribution in [2.24, 2.45) is 17.8 Å². The predicted molar refractivity (Wildman–Crippen MR) is 68.0 cm³/mol. The van der Waals surface area contributed by atoms with Crippen molar-refractivity contribution in [3.8, 4) is 0 Å². The van der Waals surface area contributed by atoms with Gasteiger partial charge in [0.25, 0.3) is 0 Å². The fourth-order valence-electron chi connectivity index (χ4n) is 2.97. The number of hydrogen-bond donors (Lipinski definition) is 1. The molecule has 1 aliphatic carbocycles. The van der Waals surface area contributed by atoms with E-state index in [0.717, 1.165) is 30.3 Å². The molecule has 1 nitrogen and oxygen atoms in total. The lowest BCUT2D eigenvalue weighted by Crippen LogP contribution is -2.42. The van der Waals surface area contributed by atoms with Gasteiger partial charge < -0.3 is 5.32 Å². The second kappa shape index (κ2) is 6.52. The third-order valence-electron chi connectivity index (χ3n) is 4.27. The molecule has 0 aromatic carbocycles. The van der Waals surface area contributed by atoms with Gasteiger partial charge in [0.15, 0.2) is 0 Å². The molecule has 0 amide bonds. The smallest absolute Gasteiger partial charge is 0.0121 e. The largest absolute Gasteiger partial charge is 0.314 e. The summed E-state index contributed by atoms with van der Waals surface area (Å²) in [6.45, 7) is 10.5. The van der Waals surface area contributed by atoms with Crippen molar-refractivity contribution in [1.82, 2.24) is 5.32 Å². The van der Waals surface area contributed by atoms with E-state index in [1.807, 2.05) is 0 Å².